The van der Waals surface area contributed by atoms with Gasteiger partial charge in [0.15, 0.2) is 0 Å². The van der Waals surface area contributed by atoms with Crippen LogP contribution in [0.2, 0.25) is 0 Å². The molecule has 1 aromatic rings. The Morgan fingerprint density at radius 2 is 1.49 bits per heavy atom. The molecule has 4 atom stereocenters. The highest BCUT2D eigenvalue weighted by atomic mass is 16.4. The summed E-state index contributed by atoms with van der Waals surface area (Å²) in [5.41, 5.74) is 12.0. The summed E-state index contributed by atoms with van der Waals surface area (Å²) in [6, 6.07) is -5.58. The summed E-state index contributed by atoms with van der Waals surface area (Å²) in [4.78, 5) is 78.2. The van der Waals surface area contributed by atoms with Crippen molar-refractivity contribution in [3.63, 3.8) is 0 Å². The number of rotatable bonds is 18. The monoisotopic (exact) mass is 527 g/mol. The number of carbonyl (C=O) groups is 6. The average Bonchev–Trinajstić information content (AvgIpc) is 3.32. The Kier molecular flexibility index (Phi) is 13.3. The summed E-state index contributed by atoms with van der Waals surface area (Å²) in [5, 5.41) is 34.0. The molecule has 0 aromatic carbocycles. The average molecular weight is 528 g/mol. The van der Waals surface area contributed by atoms with Gasteiger partial charge >= 0.3 is 17.9 Å². The molecule has 0 radical (unpaired) electrons. The molecule has 0 bridgehead atoms. The predicted octanol–water partition coefficient (Wildman–Crippen LogP) is -2.71. The van der Waals surface area contributed by atoms with Gasteiger partial charge < -0.3 is 47.7 Å². The number of amides is 3. The third-order valence-electron chi connectivity index (χ3n) is 5.18. The van der Waals surface area contributed by atoms with Crippen LogP contribution >= 0.6 is 0 Å². The first kappa shape index (κ1) is 31.0. The van der Waals surface area contributed by atoms with E-state index in [0.717, 1.165) is 0 Å². The summed E-state index contributed by atoms with van der Waals surface area (Å²) in [5.74, 6) is -7.01. The van der Waals surface area contributed by atoms with E-state index < -0.39 is 79.1 Å². The van der Waals surface area contributed by atoms with Crippen LogP contribution in [0.3, 0.4) is 0 Å². The van der Waals surface area contributed by atoms with Crippen LogP contribution in [0.4, 0.5) is 0 Å². The molecular weight excluding hydrogens is 494 g/mol. The Morgan fingerprint density at radius 1 is 0.865 bits per heavy atom. The number of aliphatic carboxylic acids is 3. The number of nitrogens with two attached hydrogens (primary N) is 2. The second-order valence-electron chi connectivity index (χ2n) is 8.22. The molecule has 0 saturated heterocycles. The zero-order chi connectivity index (χ0) is 28.0. The van der Waals surface area contributed by atoms with Crippen LogP contribution in [-0.2, 0) is 35.2 Å². The summed E-state index contributed by atoms with van der Waals surface area (Å²) in [7, 11) is 0. The van der Waals surface area contributed by atoms with Crippen molar-refractivity contribution in [1.82, 2.24) is 25.9 Å². The number of aromatic nitrogens is 2. The van der Waals surface area contributed by atoms with E-state index in [4.69, 9.17) is 16.6 Å². The highest BCUT2D eigenvalue weighted by Crippen LogP contribution is 2.06. The Balaban J connectivity index is 2.96. The number of imidazole rings is 1. The summed E-state index contributed by atoms with van der Waals surface area (Å²) >= 11 is 0. The van der Waals surface area contributed by atoms with Crippen molar-refractivity contribution in [3.05, 3.63) is 18.2 Å². The minimum Gasteiger partial charge on any atom is -0.481 e. The Labute approximate surface area is 211 Å². The lowest BCUT2D eigenvalue weighted by Gasteiger charge is -2.24. The molecule has 16 nitrogen and oxygen atoms in total. The third-order valence-corrected chi connectivity index (χ3v) is 5.18. The topological polar surface area (TPSA) is 280 Å². The number of nitrogens with one attached hydrogen (secondary N) is 4. The van der Waals surface area contributed by atoms with Crippen LogP contribution in [-0.4, -0.2) is 91.6 Å². The number of nitrogens with zero attached hydrogens (tertiary/aromatic N) is 1. The van der Waals surface area contributed by atoms with E-state index in [1.54, 1.807) is 0 Å². The second kappa shape index (κ2) is 15.8. The quantitative estimate of drug-likeness (QED) is 0.0881. The van der Waals surface area contributed by atoms with E-state index in [9.17, 15) is 39.0 Å². The van der Waals surface area contributed by atoms with E-state index in [0.29, 0.717) is 25.1 Å². The lowest BCUT2D eigenvalue weighted by atomic mass is 10.1. The summed E-state index contributed by atoms with van der Waals surface area (Å²) < 4.78 is 0. The number of carbonyl (C=O) groups excluding carboxylic acids is 3. The van der Waals surface area contributed by atoms with Crippen molar-refractivity contribution in [2.45, 2.75) is 69.1 Å². The van der Waals surface area contributed by atoms with Crippen molar-refractivity contribution in [1.29, 1.82) is 0 Å². The van der Waals surface area contributed by atoms with E-state index >= 15 is 0 Å². The molecular formula is C21H33N7O9. The van der Waals surface area contributed by atoms with Gasteiger partial charge in [-0.2, -0.15) is 0 Å². The molecule has 1 aromatic heterocycles. The van der Waals surface area contributed by atoms with Crippen LogP contribution in [0.25, 0.3) is 0 Å². The van der Waals surface area contributed by atoms with Gasteiger partial charge in [0.1, 0.15) is 18.1 Å². The molecule has 206 valence electrons. The van der Waals surface area contributed by atoms with E-state index in [-0.39, 0.29) is 12.8 Å². The van der Waals surface area contributed by atoms with Gasteiger partial charge in [0.2, 0.25) is 17.7 Å². The number of carboxylic acids is 3. The zero-order valence-electron chi connectivity index (χ0n) is 20.0. The van der Waals surface area contributed by atoms with Crippen LogP contribution in [0.1, 0.15) is 44.2 Å². The van der Waals surface area contributed by atoms with Crippen molar-refractivity contribution in [2.24, 2.45) is 11.5 Å². The Morgan fingerprint density at radius 3 is 2.03 bits per heavy atom. The Bertz CT molecular complexity index is 939. The Hall–Kier alpha value is -4.05. The van der Waals surface area contributed by atoms with Crippen molar-refractivity contribution < 1.29 is 44.1 Å². The first-order valence-corrected chi connectivity index (χ1v) is 11.4. The molecule has 0 aliphatic carbocycles. The van der Waals surface area contributed by atoms with Gasteiger partial charge in [0.05, 0.1) is 18.8 Å². The first-order chi connectivity index (χ1) is 17.4. The van der Waals surface area contributed by atoms with Crippen molar-refractivity contribution in [2.75, 3.05) is 6.54 Å². The molecule has 1 rings (SSSR count). The third kappa shape index (κ3) is 12.0. The van der Waals surface area contributed by atoms with Crippen molar-refractivity contribution in [3.8, 4) is 0 Å². The highest BCUT2D eigenvalue weighted by Gasteiger charge is 2.31. The fourth-order valence-corrected chi connectivity index (χ4v) is 3.22. The van der Waals surface area contributed by atoms with Crippen LogP contribution < -0.4 is 27.4 Å². The van der Waals surface area contributed by atoms with E-state index in [2.05, 4.69) is 20.6 Å². The summed E-state index contributed by atoms with van der Waals surface area (Å²) in [6.45, 7) is 0.318. The lowest BCUT2D eigenvalue weighted by Crippen LogP contribution is -2.57. The minimum atomic E-state index is -1.70. The van der Waals surface area contributed by atoms with Crippen molar-refractivity contribution >= 4 is 35.6 Å². The van der Waals surface area contributed by atoms with Gasteiger partial charge in [-0.3, -0.25) is 24.0 Å². The molecule has 16 heteroatoms. The maximum atomic E-state index is 13.0. The van der Waals surface area contributed by atoms with Crippen LogP contribution in [0.15, 0.2) is 12.5 Å². The SMILES string of the molecule is NCCCCC(NC(=O)C(N)Cc1cnc[nH]1)C(=O)NC(CC(=O)O)C(=O)NC(CCC(=O)O)C(=O)O. The number of unbranched alkanes of at least 4 members (excludes halogenated alkanes) is 1. The smallest absolute Gasteiger partial charge is 0.326 e. The molecule has 4 unspecified atom stereocenters. The van der Waals surface area contributed by atoms with Gasteiger partial charge in [0.25, 0.3) is 0 Å². The van der Waals surface area contributed by atoms with Gasteiger partial charge in [-0.05, 0) is 32.2 Å². The minimum absolute atomic E-state index is 0.0972. The fraction of sp³-hybridized carbons (Fsp3) is 0.571. The lowest BCUT2D eigenvalue weighted by molar-refractivity contribution is -0.144. The normalized spacial score (nSPS) is 14.0. The number of H-pyrrole nitrogens is 1. The van der Waals surface area contributed by atoms with E-state index in [1.165, 1.54) is 12.5 Å². The van der Waals surface area contributed by atoms with Gasteiger partial charge in [-0.15, -0.1) is 0 Å². The first-order valence-electron chi connectivity index (χ1n) is 11.4. The molecule has 37 heavy (non-hydrogen) atoms. The number of carboxylic acid groups (broad SMARTS) is 3. The molecule has 3 amide bonds. The summed E-state index contributed by atoms with van der Waals surface area (Å²) in [6.07, 6.45) is 2.09. The molecule has 0 fully saturated rings. The fourth-order valence-electron chi connectivity index (χ4n) is 3.22. The predicted molar refractivity (Wildman–Crippen MR) is 126 cm³/mol. The maximum Gasteiger partial charge on any atom is 0.326 e. The molecule has 0 saturated carbocycles. The van der Waals surface area contributed by atoms with Crippen LogP contribution in [0.5, 0.6) is 0 Å². The largest absolute Gasteiger partial charge is 0.481 e. The van der Waals surface area contributed by atoms with Gasteiger partial charge in [0, 0.05) is 24.7 Å². The zero-order valence-corrected chi connectivity index (χ0v) is 20.0. The van der Waals surface area contributed by atoms with Crippen LogP contribution in [0, 0.1) is 0 Å². The number of hydrogen-bond donors (Lipinski definition) is 9. The van der Waals surface area contributed by atoms with Gasteiger partial charge in [-0.1, -0.05) is 0 Å². The highest BCUT2D eigenvalue weighted by molar-refractivity contribution is 5.95. The molecule has 11 N–H and O–H groups in total. The number of hydrogen-bond acceptors (Lipinski definition) is 9. The van der Waals surface area contributed by atoms with E-state index in [1.807, 2.05) is 5.32 Å². The molecule has 0 spiro atoms. The standard InChI is InChI=1S/C21H33N7O9/c22-6-2-1-3-13(26-18(33)12(23)7-11-9-24-10-25-11)19(34)28-15(8-17(31)32)20(35)27-14(21(36)37)4-5-16(29)30/h9-10,12-15H,1-8,22-23H2,(H,24,25)(H,26,33)(H,27,35)(H,28,34)(H,29,30)(H,31,32)(H,36,37). The molecule has 0 aliphatic heterocycles. The molecule has 0 aliphatic rings. The molecule has 1 heterocycles. The number of aromatic amines is 1. The maximum absolute atomic E-state index is 13.0. The van der Waals surface area contributed by atoms with Gasteiger partial charge in [-0.25, -0.2) is 9.78 Å². The second-order valence-corrected chi connectivity index (χ2v) is 8.22.